The number of carbonyl (C=O) groups is 1. The van der Waals surface area contributed by atoms with Crippen LogP contribution in [-0.2, 0) is 11.3 Å². The van der Waals surface area contributed by atoms with E-state index >= 15 is 0 Å². The summed E-state index contributed by atoms with van der Waals surface area (Å²) in [7, 11) is 0. The van der Waals surface area contributed by atoms with E-state index in [1.165, 1.54) is 0 Å². The van der Waals surface area contributed by atoms with E-state index in [4.69, 9.17) is 4.74 Å². The molecule has 0 aliphatic carbocycles. The van der Waals surface area contributed by atoms with Crippen molar-refractivity contribution < 1.29 is 9.53 Å². The molecule has 0 bridgehead atoms. The predicted octanol–water partition coefficient (Wildman–Crippen LogP) is 3.00. The van der Waals surface area contributed by atoms with Crippen molar-refractivity contribution in [1.29, 1.82) is 0 Å². The molecule has 4 heteroatoms. The molecule has 3 rings (SSSR count). The highest BCUT2D eigenvalue weighted by atomic mass is 16.5. The van der Waals surface area contributed by atoms with Gasteiger partial charge < -0.3 is 9.14 Å². The number of ether oxygens (including phenoxy) is 1. The van der Waals surface area contributed by atoms with Crippen LogP contribution in [0.4, 0.5) is 0 Å². The van der Waals surface area contributed by atoms with Gasteiger partial charge in [-0.15, -0.1) is 0 Å². The lowest BCUT2D eigenvalue weighted by Crippen LogP contribution is -2.07. The lowest BCUT2D eigenvalue weighted by Gasteiger charge is -2.05. The minimum Gasteiger partial charge on any atom is -0.456 e. The van der Waals surface area contributed by atoms with E-state index in [1.807, 2.05) is 53.9 Å². The van der Waals surface area contributed by atoms with Crippen LogP contribution in [-0.4, -0.2) is 15.4 Å². The smallest absolute Gasteiger partial charge is 0.338 e. The van der Waals surface area contributed by atoms with Crippen LogP contribution >= 0.6 is 0 Å². The molecule has 0 aliphatic rings. The quantitative estimate of drug-likeness (QED) is 0.684. The summed E-state index contributed by atoms with van der Waals surface area (Å²) in [6.45, 7) is 2.13. The first-order valence-electron chi connectivity index (χ1n) is 6.40. The Morgan fingerprint density at radius 1 is 1.15 bits per heavy atom. The van der Waals surface area contributed by atoms with Gasteiger partial charge in [-0.3, -0.25) is 0 Å². The van der Waals surface area contributed by atoms with E-state index in [-0.39, 0.29) is 12.6 Å². The molecule has 0 atom stereocenters. The van der Waals surface area contributed by atoms with Crippen LogP contribution in [0.1, 0.15) is 21.7 Å². The van der Waals surface area contributed by atoms with Gasteiger partial charge in [-0.05, 0) is 31.2 Å². The lowest BCUT2D eigenvalue weighted by atomic mass is 10.2. The Kier molecular flexibility index (Phi) is 3.21. The van der Waals surface area contributed by atoms with Gasteiger partial charge in [-0.1, -0.05) is 24.3 Å². The molecule has 2 aromatic heterocycles. The maximum Gasteiger partial charge on any atom is 0.338 e. The van der Waals surface area contributed by atoms with Gasteiger partial charge in [0.1, 0.15) is 12.3 Å². The number of aromatic nitrogens is 2. The Bertz CT molecular complexity index is 748. The molecule has 0 fully saturated rings. The van der Waals surface area contributed by atoms with Crippen LogP contribution in [0, 0.1) is 6.92 Å². The maximum atomic E-state index is 11.9. The van der Waals surface area contributed by atoms with E-state index in [2.05, 4.69) is 4.98 Å². The zero-order chi connectivity index (χ0) is 13.9. The molecule has 2 heterocycles. The van der Waals surface area contributed by atoms with E-state index in [0.717, 1.165) is 17.0 Å². The molecule has 4 nitrogen and oxygen atoms in total. The first kappa shape index (κ1) is 12.4. The number of pyridine rings is 1. The summed E-state index contributed by atoms with van der Waals surface area (Å²) in [5.74, 6) is -0.323. The number of benzene rings is 1. The number of fused-ring (bicyclic) bond motifs is 1. The first-order valence-corrected chi connectivity index (χ1v) is 6.40. The highest BCUT2D eigenvalue weighted by Gasteiger charge is 2.11. The summed E-state index contributed by atoms with van der Waals surface area (Å²) in [5, 5.41) is 0. The number of carbonyl (C=O) groups excluding carboxylic acids is 1. The molecule has 3 aromatic rings. The number of imidazole rings is 1. The van der Waals surface area contributed by atoms with Gasteiger partial charge in [-0.25, -0.2) is 9.78 Å². The second-order valence-electron chi connectivity index (χ2n) is 4.51. The van der Waals surface area contributed by atoms with Crippen LogP contribution in [0.3, 0.4) is 0 Å². The topological polar surface area (TPSA) is 43.6 Å². The fourth-order valence-electron chi connectivity index (χ4n) is 2.13. The molecule has 0 saturated heterocycles. The highest BCUT2D eigenvalue weighted by molar-refractivity contribution is 5.89. The third-order valence-electron chi connectivity index (χ3n) is 3.18. The number of hydrogen-bond donors (Lipinski definition) is 0. The van der Waals surface area contributed by atoms with E-state index in [0.29, 0.717) is 5.56 Å². The Hall–Kier alpha value is -2.62. The van der Waals surface area contributed by atoms with Crippen molar-refractivity contribution in [3.63, 3.8) is 0 Å². The standard InChI is InChI=1S/C16H14N2O2/c1-12-14(18-10-6-5-9-15(18)17-12)11-20-16(19)13-7-3-2-4-8-13/h2-10H,11H2,1H3. The fourth-order valence-corrected chi connectivity index (χ4v) is 2.13. The second kappa shape index (κ2) is 5.17. The predicted molar refractivity (Wildman–Crippen MR) is 75.5 cm³/mol. The summed E-state index contributed by atoms with van der Waals surface area (Å²) >= 11 is 0. The summed E-state index contributed by atoms with van der Waals surface area (Å²) in [6, 6.07) is 14.8. The van der Waals surface area contributed by atoms with Gasteiger partial charge in [0.2, 0.25) is 0 Å². The monoisotopic (exact) mass is 266 g/mol. The number of rotatable bonds is 3. The molecule has 0 aliphatic heterocycles. The third-order valence-corrected chi connectivity index (χ3v) is 3.18. The molecular weight excluding hydrogens is 252 g/mol. The van der Waals surface area contributed by atoms with E-state index in [9.17, 15) is 4.79 Å². The van der Waals surface area contributed by atoms with E-state index in [1.54, 1.807) is 12.1 Å². The normalized spacial score (nSPS) is 10.7. The van der Waals surface area contributed by atoms with Crippen molar-refractivity contribution in [3.8, 4) is 0 Å². The number of aryl methyl sites for hydroxylation is 1. The van der Waals surface area contributed by atoms with Gasteiger partial charge >= 0.3 is 5.97 Å². The summed E-state index contributed by atoms with van der Waals surface area (Å²) < 4.78 is 7.30. The van der Waals surface area contributed by atoms with Crippen LogP contribution in [0.25, 0.3) is 5.65 Å². The fraction of sp³-hybridized carbons (Fsp3) is 0.125. The van der Waals surface area contributed by atoms with Gasteiger partial charge in [0.25, 0.3) is 0 Å². The summed E-state index contributed by atoms with van der Waals surface area (Å²) in [5.41, 5.74) is 3.18. The van der Waals surface area contributed by atoms with Crippen molar-refractivity contribution in [2.24, 2.45) is 0 Å². The minimum absolute atomic E-state index is 0.213. The SMILES string of the molecule is Cc1nc2ccccn2c1COC(=O)c1ccccc1. The highest BCUT2D eigenvalue weighted by Crippen LogP contribution is 2.13. The first-order chi connectivity index (χ1) is 9.75. The van der Waals surface area contributed by atoms with Crippen molar-refractivity contribution >= 4 is 11.6 Å². The molecule has 0 amide bonds. The molecular formula is C16H14N2O2. The molecule has 0 spiro atoms. The van der Waals surface area contributed by atoms with Gasteiger partial charge in [0, 0.05) is 6.20 Å². The molecule has 0 saturated carbocycles. The molecule has 0 N–H and O–H groups in total. The van der Waals surface area contributed by atoms with Crippen molar-refractivity contribution in [3.05, 3.63) is 71.7 Å². The zero-order valence-corrected chi connectivity index (χ0v) is 11.1. The van der Waals surface area contributed by atoms with Crippen LogP contribution in [0.2, 0.25) is 0 Å². The maximum absolute atomic E-state index is 11.9. The van der Waals surface area contributed by atoms with Gasteiger partial charge in [0.15, 0.2) is 0 Å². The molecule has 20 heavy (non-hydrogen) atoms. The Morgan fingerprint density at radius 2 is 1.90 bits per heavy atom. The number of nitrogens with zero attached hydrogens (tertiary/aromatic N) is 2. The van der Waals surface area contributed by atoms with Gasteiger partial charge in [-0.2, -0.15) is 0 Å². The Labute approximate surface area is 116 Å². The molecule has 0 unspecified atom stereocenters. The molecule has 100 valence electrons. The van der Waals surface area contributed by atoms with Crippen molar-refractivity contribution in [1.82, 2.24) is 9.38 Å². The van der Waals surface area contributed by atoms with Crippen molar-refractivity contribution in [2.45, 2.75) is 13.5 Å². The number of hydrogen-bond acceptors (Lipinski definition) is 3. The average molecular weight is 266 g/mol. The van der Waals surface area contributed by atoms with Crippen LogP contribution < -0.4 is 0 Å². The van der Waals surface area contributed by atoms with Crippen LogP contribution in [0.15, 0.2) is 54.7 Å². The van der Waals surface area contributed by atoms with E-state index < -0.39 is 0 Å². The minimum atomic E-state index is -0.323. The molecule has 0 radical (unpaired) electrons. The third kappa shape index (κ3) is 2.28. The van der Waals surface area contributed by atoms with Gasteiger partial charge in [0.05, 0.1) is 17.0 Å². The molecule has 1 aromatic carbocycles. The lowest BCUT2D eigenvalue weighted by molar-refractivity contribution is 0.0466. The summed E-state index contributed by atoms with van der Waals surface area (Å²) in [4.78, 5) is 16.4. The summed E-state index contributed by atoms with van der Waals surface area (Å²) in [6.07, 6.45) is 1.92. The average Bonchev–Trinajstić information content (AvgIpc) is 2.81. The van der Waals surface area contributed by atoms with Crippen molar-refractivity contribution in [2.75, 3.05) is 0 Å². The second-order valence-corrected chi connectivity index (χ2v) is 4.51. The zero-order valence-electron chi connectivity index (χ0n) is 11.1. The number of esters is 1. The Balaban J connectivity index is 1.81. The van der Waals surface area contributed by atoms with Crippen LogP contribution in [0.5, 0.6) is 0 Å². The largest absolute Gasteiger partial charge is 0.456 e. The Morgan fingerprint density at radius 3 is 2.70 bits per heavy atom.